The number of alkyl halides is 3. The second-order valence-corrected chi connectivity index (χ2v) is 7.47. The molecule has 0 unspecified atom stereocenters. The molecule has 150 valence electrons. The van der Waals surface area contributed by atoms with Crippen molar-refractivity contribution in [3.8, 4) is 11.1 Å². The first-order valence-electron chi connectivity index (χ1n) is 8.51. The normalized spacial score (nSPS) is 11.3. The summed E-state index contributed by atoms with van der Waals surface area (Å²) in [5.41, 5.74) is 1.01. The van der Waals surface area contributed by atoms with Gasteiger partial charge in [-0.05, 0) is 47.7 Å². The number of hydrogen-bond acceptors (Lipinski definition) is 3. The minimum atomic E-state index is -4.44. The van der Waals surface area contributed by atoms with Gasteiger partial charge in [-0.25, -0.2) is 0 Å². The lowest BCUT2D eigenvalue weighted by atomic mass is 10.0. The minimum Gasteiger partial charge on any atom is -0.348 e. The van der Waals surface area contributed by atoms with Crippen molar-refractivity contribution in [2.75, 3.05) is 6.26 Å². The standard InChI is InChI=1S/C21H16ClF3N2OS/c1-29-18-6-5-14(19(22)9-18)12-27-20(28)16-7-15(10-26-11-16)13-3-2-4-17(8-13)21(23,24)25/h2-11H,12H2,1H3,(H,27,28). The molecule has 0 aliphatic heterocycles. The molecule has 3 aromatic rings. The molecule has 0 atom stereocenters. The number of thioether (sulfide) groups is 1. The van der Waals surface area contributed by atoms with E-state index >= 15 is 0 Å². The molecular weight excluding hydrogens is 421 g/mol. The maximum Gasteiger partial charge on any atom is 0.416 e. The summed E-state index contributed by atoms with van der Waals surface area (Å²) in [4.78, 5) is 17.5. The van der Waals surface area contributed by atoms with Crippen LogP contribution in [0.3, 0.4) is 0 Å². The summed E-state index contributed by atoms with van der Waals surface area (Å²) in [6.45, 7) is 0.222. The SMILES string of the molecule is CSc1ccc(CNC(=O)c2cncc(-c3cccc(C(F)(F)F)c3)c2)c(Cl)c1. The van der Waals surface area contributed by atoms with E-state index in [0.717, 1.165) is 22.6 Å². The molecule has 1 heterocycles. The summed E-state index contributed by atoms with van der Waals surface area (Å²) in [7, 11) is 0. The number of carbonyl (C=O) groups is 1. The van der Waals surface area contributed by atoms with E-state index in [1.54, 1.807) is 17.8 Å². The van der Waals surface area contributed by atoms with Gasteiger partial charge < -0.3 is 5.32 Å². The molecule has 0 fully saturated rings. The Balaban J connectivity index is 1.76. The van der Waals surface area contributed by atoms with Crippen molar-refractivity contribution in [3.63, 3.8) is 0 Å². The van der Waals surface area contributed by atoms with Crippen LogP contribution in [0.15, 0.2) is 65.8 Å². The number of carbonyl (C=O) groups excluding carboxylic acids is 1. The molecule has 29 heavy (non-hydrogen) atoms. The molecule has 0 saturated carbocycles. The van der Waals surface area contributed by atoms with Crippen molar-refractivity contribution in [2.45, 2.75) is 17.6 Å². The molecular formula is C21H16ClF3N2OS. The van der Waals surface area contributed by atoms with Crippen molar-refractivity contribution < 1.29 is 18.0 Å². The molecule has 0 saturated heterocycles. The van der Waals surface area contributed by atoms with Crippen LogP contribution in [-0.2, 0) is 12.7 Å². The summed E-state index contributed by atoms with van der Waals surface area (Å²) in [6, 6.07) is 12.0. The average molecular weight is 437 g/mol. The predicted octanol–water partition coefficient (Wildman–Crippen LogP) is 6.07. The Morgan fingerprint density at radius 2 is 1.90 bits per heavy atom. The maximum atomic E-state index is 12.9. The van der Waals surface area contributed by atoms with E-state index < -0.39 is 17.6 Å². The van der Waals surface area contributed by atoms with E-state index in [1.807, 2.05) is 24.5 Å². The molecule has 0 radical (unpaired) electrons. The first-order valence-corrected chi connectivity index (χ1v) is 10.1. The number of hydrogen-bond donors (Lipinski definition) is 1. The molecule has 0 bridgehead atoms. The van der Waals surface area contributed by atoms with Gasteiger partial charge in [0.15, 0.2) is 0 Å². The minimum absolute atomic E-state index is 0.222. The summed E-state index contributed by atoms with van der Waals surface area (Å²) in [5.74, 6) is -0.392. The number of nitrogens with one attached hydrogen (secondary N) is 1. The van der Waals surface area contributed by atoms with Gasteiger partial charge in [0.25, 0.3) is 5.91 Å². The van der Waals surface area contributed by atoms with Gasteiger partial charge >= 0.3 is 6.18 Å². The van der Waals surface area contributed by atoms with Gasteiger partial charge in [0.1, 0.15) is 0 Å². The van der Waals surface area contributed by atoms with Gasteiger partial charge in [0.2, 0.25) is 0 Å². The molecule has 1 N–H and O–H groups in total. The zero-order valence-electron chi connectivity index (χ0n) is 15.3. The summed E-state index contributed by atoms with van der Waals surface area (Å²) in [5, 5.41) is 3.31. The van der Waals surface area contributed by atoms with Crippen LogP contribution in [0, 0.1) is 0 Å². The van der Waals surface area contributed by atoms with Crippen molar-refractivity contribution in [3.05, 3.63) is 82.6 Å². The Labute approximate surface area is 175 Å². The zero-order chi connectivity index (χ0) is 21.0. The van der Waals surface area contributed by atoms with Gasteiger partial charge in [-0.15, -0.1) is 11.8 Å². The number of pyridine rings is 1. The largest absolute Gasteiger partial charge is 0.416 e. The van der Waals surface area contributed by atoms with E-state index in [-0.39, 0.29) is 12.1 Å². The topological polar surface area (TPSA) is 42.0 Å². The lowest BCUT2D eigenvalue weighted by Crippen LogP contribution is -2.23. The summed E-state index contributed by atoms with van der Waals surface area (Å²) < 4.78 is 38.8. The van der Waals surface area contributed by atoms with Crippen molar-refractivity contribution in [1.82, 2.24) is 10.3 Å². The Hall–Kier alpha value is -2.51. The Kier molecular flexibility index (Phi) is 6.49. The van der Waals surface area contributed by atoms with Gasteiger partial charge in [0, 0.05) is 34.4 Å². The van der Waals surface area contributed by atoms with Gasteiger partial charge in [0.05, 0.1) is 11.1 Å². The van der Waals surface area contributed by atoms with Crippen LogP contribution in [0.5, 0.6) is 0 Å². The number of nitrogens with zero attached hydrogens (tertiary/aromatic N) is 1. The fourth-order valence-electron chi connectivity index (χ4n) is 2.67. The highest BCUT2D eigenvalue weighted by atomic mass is 35.5. The number of aromatic nitrogens is 1. The smallest absolute Gasteiger partial charge is 0.348 e. The third-order valence-electron chi connectivity index (χ3n) is 4.22. The first kappa shape index (κ1) is 21.2. The van der Waals surface area contributed by atoms with Crippen LogP contribution in [0.1, 0.15) is 21.5 Å². The van der Waals surface area contributed by atoms with Crippen LogP contribution in [0.25, 0.3) is 11.1 Å². The number of benzene rings is 2. The van der Waals surface area contributed by atoms with E-state index in [9.17, 15) is 18.0 Å². The number of amides is 1. The van der Waals surface area contributed by atoms with Crippen molar-refractivity contribution in [1.29, 1.82) is 0 Å². The third kappa shape index (κ3) is 5.31. The van der Waals surface area contributed by atoms with E-state index in [1.165, 1.54) is 24.5 Å². The average Bonchev–Trinajstić information content (AvgIpc) is 2.72. The maximum absolute atomic E-state index is 12.9. The molecule has 1 amide bonds. The van der Waals surface area contributed by atoms with E-state index in [0.29, 0.717) is 16.1 Å². The molecule has 0 aliphatic carbocycles. The lowest BCUT2D eigenvalue weighted by Gasteiger charge is -2.10. The van der Waals surface area contributed by atoms with Crippen LogP contribution < -0.4 is 5.32 Å². The van der Waals surface area contributed by atoms with Gasteiger partial charge in [-0.1, -0.05) is 29.8 Å². The number of halogens is 4. The van der Waals surface area contributed by atoms with Crippen molar-refractivity contribution >= 4 is 29.3 Å². The van der Waals surface area contributed by atoms with E-state index in [2.05, 4.69) is 10.3 Å². The van der Waals surface area contributed by atoms with Crippen LogP contribution in [-0.4, -0.2) is 17.1 Å². The molecule has 3 rings (SSSR count). The Morgan fingerprint density at radius 3 is 2.59 bits per heavy atom. The van der Waals surface area contributed by atoms with Gasteiger partial charge in [-0.3, -0.25) is 9.78 Å². The van der Waals surface area contributed by atoms with Crippen LogP contribution in [0.4, 0.5) is 13.2 Å². The highest BCUT2D eigenvalue weighted by Gasteiger charge is 2.30. The molecule has 3 nitrogen and oxygen atoms in total. The fraction of sp³-hybridized carbons (Fsp3) is 0.143. The molecule has 8 heteroatoms. The summed E-state index contributed by atoms with van der Waals surface area (Å²) in [6.07, 6.45) is 0.288. The second-order valence-electron chi connectivity index (χ2n) is 6.18. The highest BCUT2D eigenvalue weighted by molar-refractivity contribution is 7.98. The Bertz CT molecular complexity index is 1040. The quantitative estimate of drug-likeness (QED) is 0.493. The zero-order valence-corrected chi connectivity index (χ0v) is 16.8. The molecule has 2 aromatic carbocycles. The van der Waals surface area contributed by atoms with Crippen LogP contribution in [0.2, 0.25) is 5.02 Å². The van der Waals surface area contributed by atoms with Crippen molar-refractivity contribution in [2.24, 2.45) is 0 Å². The van der Waals surface area contributed by atoms with Crippen LogP contribution >= 0.6 is 23.4 Å². The first-order chi connectivity index (χ1) is 13.8. The second kappa shape index (κ2) is 8.88. The Morgan fingerprint density at radius 1 is 1.10 bits per heavy atom. The molecule has 1 aromatic heterocycles. The third-order valence-corrected chi connectivity index (χ3v) is 5.30. The predicted molar refractivity (Wildman–Crippen MR) is 109 cm³/mol. The van der Waals surface area contributed by atoms with E-state index in [4.69, 9.17) is 11.6 Å². The monoisotopic (exact) mass is 436 g/mol. The fourth-order valence-corrected chi connectivity index (χ4v) is 3.42. The molecule has 0 spiro atoms. The van der Waals surface area contributed by atoms with Gasteiger partial charge in [-0.2, -0.15) is 13.2 Å². The summed E-state index contributed by atoms with van der Waals surface area (Å²) >= 11 is 7.79. The number of rotatable bonds is 5. The lowest BCUT2D eigenvalue weighted by molar-refractivity contribution is -0.137. The highest BCUT2D eigenvalue weighted by Crippen LogP contribution is 2.32. The molecule has 0 aliphatic rings.